The van der Waals surface area contributed by atoms with Gasteiger partial charge in [0.2, 0.25) is 24.9 Å². The summed E-state index contributed by atoms with van der Waals surface area (Å²) in [7, 11) is 0. The number of ether oxygens (including phenoxy) is 4. The molecule has 0 saturated carbocycles. The molecule has 8 aromatic rings. The molecule has 8 aromatic carbocycles. The summed E-state index contributed by atoms with van der Waals surface area (Å²) >= 11 is 15.9. The summed E-state index contributed by atoms with van der Waals surface area (Å²) in [6.45, 7) is 0.281. The lowest BCUT2D eigenvalue weighted by atomic mass is 9.80. The number of rotatable bonds is 9. The van der Waals surface area contributed by atoms with E-state index in [1.54, 1.807) is 0 Å². The van der Waals surface area contributed by atoms with Crippen molar-refractivity contribution in [3.63, 3.8) is 0 Å². The molecule has 4 aliphatic heterocycles. The summed E-state index contributed by atoms with van der Waals surface area (Å²) in [5.41, 5.74) is 6.80. The molecule has 0 atom stereocenters. The first kappa shape index (κ1) is 39.8. The van der Waals surface area contributed by atoms with E-state index in [0.717, 1.165) is 44.5 Å². The SMILES string of the molecule is Clc1c(-c2ccc3c(c2)OCO3)cccc1C1(C2(c3cccc(-c4ccc5c(c4)OCO5)c3Cl)N=C(c3ccccc3)C(c3ccccc3)=N2)N=C(c2ccccc2)C(c2ccccc2)=N1. The van der Waals surface area contributed by atoms with Crippen LogP contribution in [0.3, 0.4) is 0 Å². The van der Waals surface area contributed by atoms with Crippen LogP contribution < -0.4 is 18.9 Å². The van der Waals surface area contributed by atoms with E-state index in [0.29, 0.717) is 67.0 Å². The highest BCUT2D eigenvalue weighted by atomic mass is 35.5. The zero-order valence-corrected chi connectivity index (χ0v) is 36.6. The van der Waals surface area contributed by atoms with Crippen molar-refractivity contribution >= 4 is 46.0 Å². The number of nitrogens with zero attached hydrogens (tertiary/aromatic N) is 4. The lowest BCUT2D eigenvalue weighted by molar-refractivity contribution is 0.173. The third-order valence-corrected chi connectivity index (χ3v) is 13.1. The zero-order chi connectivity index (χ0) is 44.2. The molecule has 0 amide bonds. The Bertz CT molecular complexity index is 3000. The van der Waals surface area contributed by atoms with Gasteiger partial charge in [-0.3, -0.25) is 0 Å². The minimum Gasteiger partial charge on any atom is -0.454 e. The molecule has 0 bridgehead atoms. The molecule has 0 unspecified atom stereocenters. The summed E-state index contributed by atoms with van der Waals surface area (Å²) in [6.07, 6.45) is 0. The van der Waals surface area contributed by atoms with Crippen molar-refractivity contribution in [2.45, 2.75) is 11.3 Å². The predicted molar refractivity (Wildman–Crippen MR) is 261 cm³/mol. The van der Waals surface area contributed by atoms with Gasteiger partial charge in [0.1, 0.15) is 0 Å². The van der Waals surface area contributed by atoms with Crippen LogP contribution in [0.2, 0.25) is 10.0 Å². The maximum Gasteiger partial charge on any atom is 0.231 e. The topological polar surface area (TPSA) is 86.4 Å². The minimum atomic E-state index is -1.74. The average molecular weight is 900 g/mol. The van der Waals surface area contributed by atoms with Gasteiger partial charge >= 0.3 is 0 Å². The largest absolute Gasteiger partial charge is 0.454 e. The van der Waals surface area contributed by atoms with Crippen molar-refractivity contribution in [3.8, 4) is 45.3 Å². The van der Waals surface area contributed by atoms with Gasteiger partial charge in [0, 0.05) is 44.5 Å². The molecule has 12 rings (SSSR count). The first-order valence-electron chi connectivity index (χ1n) is 21.5. The standard InChI is InChI=1S/C56H36Cl2N4O4/c57-49-41(39-27-29-45-47(31-39)65-33-63-45)23-13-25-43(49)55(59-51(35-15-5-1-6-16-35)52(60-55)36-17-7-2-8-18-36)56(44-26-14-24-42(50(44)58)40-28-30-46-48(32-40)66-34-64-46)61-53(37-19-9-3-10-20-37)54(62-56)38-21-11-4-12-22-38/h1-32H,33-34H2. The monoisotopic (exact) mass is 898 g/mol. The molecule has 0 spiro atoms. The van der Waals surface area contributed by atoms with Gasteiger partial charge in [-0.25, -0.2) is 20.0 Å². The molecular formula is C56H36Cl2N4O4. The number of aliphatic imine (C=N–C) groups is 4. The van der Waals surface area contributed by atoms with E-state index < -0.39 is 11.3 Å². The van der Waals surface area contributed by atoms with Gasteiger partial charge in [-0.15, -0.1) is 0 Å². The van der Waals surface area contributed by atoms with Crippen LogP contribution in [0.4, 0.5) is 0 Å². The van der Waals surface area contributed by atoms with E-state index in [4.69, 9.17) is 62.1 Å². The number of hydrogen-bond donors (Lipinski definition) is 0. The van der Waals surface area contributed by atoms with E-state index in [9.17, 15) is 0 Å². The van der Waals surface area contributed by atoms with Crippen LogP contribution in [0.5, 0.6) is 23.0 Å². The van der Waals surface area contributed by atoms with Crippen LogP contribution in [0.15, 0.2) is 214 Å². The van der Waals surface area contributed by atoms with Crippen molar-refractivity contribution in [1.29, 1.82) is 0 Å². The summed E-state index contributed by atoms with van der Waals surface area (Å²) in [6, 6.07) is 63.9. The summed E-state index contributed by atoms with van der Waals surface area (Å²) in [5, 5.41) is 0.820. The summed E-state index contributed by atoms with van der Waals surface area (Å²) < 4.78 is 23.1. The molecule has 0 saturated heterocycles. The molecule has 8 nitrogen and oxygen atoms in total. The maximum atomic E-state index is 7.94. The molecule has 0 radical (unpaired) electrons. The smallest absolute Gasteiger partial charge is 0.231 e. The number of benzene rings is 8. The molecule has 66 heavy (non-hydrogen) atoms. The Morgan fingerprint density at radius 3 is 0.970 bits per heavy atom. The van der Waals surface area contributed by atoms with E-state index in [1.807, 2.05) is 194 Å². The number of hydrogen-bond acceptors (Lipinski definition) is 8. The quantitative estimate of drug-likeness (QED) is 0.144. The number of fused-ring (bicyclic) bond motifs is 2. The van der Waals surface area contributed by atoms with Crippen LogP contribution >= 0.6 is 23.2 Å². The highest BCUT2D eigenvalue weighted by molar-refractivity contribution is 6.56. The second-order valence-corrected chi connectivity index (χ2v) is 16.9. The Morgan fingerprint density at radius 1 is 0.318 bits per heavy atom. The first-order valence-corrected chi connectivity index (χ1v) is 22.3. The van der Waals surface area contributed by atoms with Crippen LogP contribution in [-0.2, 0) is 11.3 Å². The average Bonchev–Trinajstić information content (AvgIpc) is 4.21. The van der Waals surface area contributed by atoms with Gasteiger partial charge in [-0.2, -0.15) is 0 Å². The summed E-state index contributed by atoms with van der Waals surface area (Å²) in [4.78, 5) is 23.7. The Balaban J connectivity index is 1.23. The van der Waals surface area contributed by atoms with Crippen LogP contribution in [0.1, 0.15) is 33.4 Å². The Labute approximate surface area is 390 Å². The molecule has 0 aromatic heterocycles. The molecule has 0 N–H and O–H groups in total. The second kappa shape index (κ2) is 16.0. The van der Waals surface area contributed by atoms with E-state index in [1.165, 1.54) is 0 Å². The minimum absolute atomic E-state index is 0.141. The normalized spacial score (nSPS) is 16.1. The van der Waals surface area contributed by atoms with Crippen molar-refractivity contribution in [2.24, 2.45) is 20.0 Å². The van der Waals surface area contributed by atoms with E-state index in [2.05, 4.69) is 0 Å². The lowest BCUT2D eigenvalue weighted by Gasteiger charge is -2.39. The molecule has 10 heteroatoms. The molecule has 0 fully saturated rings. The lowest BCUT2D eigenvalue weighted by Crippen LogP contribution is -2.43. The molecule has 4 heterocycles. The number of halogens is 2. The van der Waals surface area contributed by atoms with Gasteiger partial charge in [0.15, 0.2) is 23.0 Å². The third kappa shape index (κ3) is 6.43. The Morgan fingerprint density at radius 2 is 0.636 bits per heavy atom. The van der Waals surface area contributed by atoms with Crippen LogP contribution in [0, 0.1) is 0 Å². The van der Waals surface area contributed by atoms with Gasteiger partial charge in [-0.05, 0) is 35.4 Å². The Hall–Kier alpha value is -7.78. The van der Waals surface area contributed by atoms with Gasteiger partial charge in [-0.1, -0.05) is 193 Å². The second-order valence-electron chi connectivity index (χ2n) is 16.1. The molecular weight excluding hydrogens is 864 g/mol. The fourth-order valence-electron chi connectivity index (χ4n) is 9.20. The van der Waals surface area contributed by atoms with Crippen molar-refractivity contribution < 1.29 is 18.9 Å². The molecule has 318 valence electrons. The fraction of sp³-hybridized carbons (Fsp3) is 0.0714. The van der Waals surface area contributed by atoms with Crippen LogP contribution in [-0.4, -0.2) is 36.4 Å². The Kier molecular flexibility index (Phi) is 9.66. The van der Waals surface area contributed by atoms with E-state index >= 15 is 0 Å². The van der Waals surface area contributed by atoms with Gasteiger partial charge < -0.3 is 18.9 Å². The zero-order valence-electron chi connectivity index (χ0n) is 35.1. The van der Waals surface area contributed by atoms with Gasteiger partial charge in [0.25, 0.3) is 0 Å². The first-order chi connectivity index (χ1) is 32.5. The highest BCUT2D eigenvalue weighted by Gasteiger charge is 2.62. The van der Waals surface area contributed by atoms with Crippen molar-refractivity contribution in [1.82, 2.24) is 0 Å². The highest BCUT2D eigenvalue weighted by Crippen LogP contribution is 2.59. The predicted octanol–water partition coefficient (Wildman–Crippen LogP) is 12.8. The summed E-state index contributed by atoms with van der Waals surface area (Å²) in [5.74, 6) is 2.60. The van der Waals surface area contributed by atoms with Crippen molar-refractivity contribution in [3.05, 3.63) is 238 Å². The fourth-order valence-corrected chi connectivity index (χ4v) is 9.94. The molecule has 0 aliphatic carbocycles. The van der Waals surface area contributed by atoms with Gasteiger partial charge in [0.05, 0.1) is 32.9 Å². The molecule has 4 aliphatic rings. The third-order valence-electron chi connectivity index (χ3n) is 12.3. The van der Waals surface area contributed by atoms with E-state index in [-0.39, 0.29) is 13.6 Å². The maximum absolute atomic E-state index is 7.94. The van der Waals surface area contributed by atoms with Crippen LogP contribution in [0.25, 0.3) is 22.3 Å². The van der Waals surface area contributed by atoms with Crippen molar-refractivity contribution in [2.75, 3.05) is 13.6 Å².